The van der Waals surface area contributed by atoms with E-state index in [0.29, 0.717) is 0 Å². The molecule has 0 saturated heterocycles. The van der Waals surface area contributed by atoms with E-state index < -0.39 is 0 Å². The largest absolute Gasteiger partial charge is 0.0985 e. The van der Waals surface area contributed by atoms with Gasteiger partial charge in [0, 0.05) is 25.7 Å². The maximum Gasteiger partial charge on any atom is 0.0306 e. The number of rotatable bonds is 0. The molecule has 0 nitrogen and oxygen atoms in total. The van der Waals surface area contributed by atoms with E-state index in [2.05, 4.69) is 36.8 Å². The smallest absolute Gasteiger partial charge is 0.0306 e. The maximum absolute atomic E-state index is 3.88. The van der Waals surface area contributed by atoms with Crippen molar-refractivity contribution in [3.63, 3.8) is 0 Å². The van der Waals surface area contributed by atoms with Gasteiger partial charge in [-0.2, -0.15) is 0 Å². The molecule has 0 N–H and O–H groups in total. The topological polar surface area (TPSA) is 0 Å². The first kappa shape index (κ1) is 8.69. The molecule has 0 atom stereocenters. The molecule has 0 heteroatoms. The van der Waals surface area contributed by atoms with Gasteiger partial charge in [0.2, 0.25) is 0 Å². The van der Waals surface area contributed by atoms with E-state index in [9.17, 15) is 0 Å². The summed E-state index contributed by atoms with van der Waals surface area (Å²) >= 11 is 0. The summed E-state index contributed by atoms with van der Waals surface area (Å²) in [5, 5.41) is 0. The normalized spacial score (nSPS) is 17.0. The fourth-order valence-electron chi connectivity index (χ4n) is 0.875. The third-order valence-electron chi connectivity index (χ3n) is 1.60. The van der Waals surface area contributed by atoms with E-state index >= 15 is 0 Å². The minimum absolute atomic E-state index is 0.780. The van der Waals surface area contributed by atoms with Gasteiger partial charge in [0.15, 0.2) is 0 Å². The summed E-state index contributed by atoms with van der Waals surface area (Å²) in [6.45, 7) is 7.76. The number of hydrogen-bond acceptors (Lipinski definition) is 0. The van der Waals surface area contributed by atoms with E-state index in [0.717, 1.165) is 36.8 Å². The van der Waals surface area contributed by atoms with Crippen LogP contribution in [0.25, 0.3) is 0 Å². The van der Waals surface area contributed by atoms with Crippen molar-refractivity contribution in [3.05, 3.63) is 24.3 Å². The zero-order valence-electron chi connectivity index (χ0n) is 7.24. The lowest BCUT2D eigenvalue weighted by Crippen LogP contribution is -1.82. The van der Waals surface area contributed by atoms with Gasteiger partial charge < -0.3 is 0 Å². The van der Waals surface area contributed by atoms with Crippen LogP contribution in [0.5, 0.6) is 0 Å². The molecule has 0 saturated carbocycles. The molecule has 0 fully saturated rings. The van der Waals surface area contributed by atoms with Crippen LogP contribution in [0.1, 0.15) is 25.7 Å². The average molecular weight is 156 g/mol. The Morgan fingerprint density at radius 3 is 1.17 bits per heavy atom. The van der Waals surface area contributed by atoms with Crippen LogP contribution in [0.15, 0.2) is 24.3 Å². The quantitative estimate of drug-likeness (QED) is 0.373. The third-order valence-corrected chi connectivity index (χ3v) is 1.60. The van der Waals surface area contributed by atoms with Gasteiger partial charge in [-0.15, -0.1) is 0 Å². The van der Waals surface area contributed by atoms with Crippen molar-refractivity contribution in [2.75, 3.05) is 0 Å². The first-order chi connectivity index (χ1) is 5.79. The summed E-state index contributed by atoms with van der Waals surface area (Å²) in [4.78, 5) is 0. The molecular weight excluding hydrogens is 144 g/mol. The first-order valence-corrected chi connectivity index (χ1v) is 4.04. The second kappa shape index (κ2) is 4.47. The highest BCUT2D eigenvalue weighted by molar-refractivity contribution is 5.23. The lowest BCUT2D eigenvalue weighted by Gasteiger charge is -1.96. The lowest BCUT2D eigenvalue weighted by molar-refractivity contribution is 1.13. The van der Waals surface area contributed by atoms with Gasteiger partial charge in [0.1, 0.15) is 0 Å². The minimum atomic E-state index is 0.780. The Kier molecular flexibility index (Phi) is 3.24. The molecule has 60 valence electrons. The lowest BCUT2D eigenvalue weighted by atomic mass is 10.1. The molecule has 1 aliphatic carbocycles. The Labute approximate surface area is 74.4 Å². The molecule has 0 heterocycles. The highest BCUT2D eigenvalue weighted by Crippen LogP contribution is 2.06. The molecule has 0 bridgehead atoms. The van der Waals surface area contributed by atoms with Crippen molar-refractivity contribution in [1.82, 2.24) is 0 Å². The van der Waals surface area contributed by atoms with Gasteiger partial charge in [-0.05, 0) is 0 Å². The van der Waals surface area contributed by atoms with E-state index in [-0.39, 0.29) is 0 Å². The predicted octanol–water partition coefficient (Wildman–Crippen LogP) is 2.68. The van der Waals surface area contributed by atoms with Crippen LogP contribution in [0.4, 0.5) is 0 Å². The molecule has 0 amide bonds. The zero-order chi connectivity index (χ0) is 8.81. The van der Waals surface area contributed by atoms with Crippen molar-refractivity contribution in [2.24, 2.45) is 0 Å². The van der Waals surface area contributed by atoms with Crippen LogP contribution in [-0.4, -0.2) is 0 Å². The maximum atomic E-state index is 3.88. The van der Waals surface area contributed by atoms with Gasteiger partial charge >= 0.3 is 0 Å². The van der Waals surface area contributed by atoms with E-state index in [4.69, 9.17) is 0 Å². The van der Waals surface area contributed by atoms with Gasteiger partial charge in [-0.25, -0.2) is 0 Å². The van der Waals surface area contributed by atoms with E-state index in [1.807, 2.05) is 0 Å². The Morgan fingerprint density at radius 2 is 0.917 bits per heavy atom. The summed E-state index contributed by atoms with van der Waals surface area (Å²) in [6, 6.07) is 0. The van der Waals surface area contributed by atoms with Crippen LogP contribution in [0.2, 0.25) is 0 Å². The third kappa shape index (κ3) is 3.13. The Balaban J connectivity index is 2.63. The summed E-state index contributed by atoms with van der Waals surface area (Å²) in [7, 11) is 0. The molecule has 0 radical (unpaired) electrons. The molecule has 0 spiro atoms. The van der Waals surface area contributed by atoms with Crippen molar-refractivity contribution < 1.29 is 0 Å². The van der Waals surface area contributed by atoms with Gasteiger partial charge in [0.05, 0.1) is 0 Å². The Morgan fingerprint density at radius 1 is 0.667 bits per heavy atom. The second-order valence-corrected chi connectivity index (χ2v) is 2.91. The monoisotopic (exact) mass is 156 g/mol. The molecule has 0 aromatic carbocycles. The molecule has 0 unspecified atom stereocenters. The minimum Gasteiger partial charge on any atom is -0.0985 e. The van der Waals surface area contributed by atoms with E-state index in [1.54, 1.807) is 0 Å². The number of allylic oxidation sites excluding steroid dienone is 2. The highest BCUT2D eigenvalue weighted by Gasteiger charge is 1.91. The van der Waals surface area contributed by atoms with E-state index in [1.165, 1.54) is 0 Å². The fourth-order valence-corrected chi connectivity index (χ4v) is 0.875. The van der Waals surface area contributed by atoms with Crippen molar-refractivity contribution in [1.29, 1.82) is 0 Å². The van der Waals surface area contributed by atoms with Gasteiger partial charge in [-0.1, -0.05) is 48.0 Å². The van der Waals surface area contributed by atoms with Crippen LogP contribution in [0, 0.1) is 23.7 Å². The van der Waals surface area contributed by atoms with Crippen LogP contribution in [0.3, 0.4) is 0 Å². The molecular formula is C12H12. The van der Waals surface area contributed by atoms with Crippen molar-refractivity contribution in [3.8, 4) is 23.7 Å². The average Bonchev–Trinajstić information content (AvgIpc) is 2.06. The summed E-state index contributed by atoms with van der Waals surface area (Å²) in [6.07, 6.45) is 3.12. The van der Waals surface area contributed by atoms with Gasteiger partial charge in [0.25, 0.3) is 0 Å². The second-order valence-electron chi connectivity index (χ2n) is 2.91. The van der Waals surface area contributed by atoms with Gasteiger partial charge in [-0.3, -0.25) is 0 Å². The predicted molar refractivity (Wildman–Crippen MR) is 52.3 cm³/mol. The van der Waals surface area contributed by atoms with Crippen molar-refractivity contribution in [2.45, 2.75) is 25.7 Å². The standard InChI is InChI=1S/C12H12/c1-11-7-3-5-9-12(2)10-6-4-8-11/h1-2,7-10H2. The van der Waals surface area contributed by atoms with Crippen LogP contribution >= 0.6 is 0 Å². The van der Waals surface area contributed by atoms with Crippen molar-refractivity contribution >= 4 is 0 Å². The van der Waals surface area contributed by atoms with Crippen LogP contribution in [-0.2, 0) is 0 Å². The summed E-state index contributed by atoms with van der Waals surface area (Å²) in [5.74, 6) is 12.2. The number of hydrogen-bond donors (Lipinski definition) is 0. The summed E-state index contributed by atoms with van der Waals surface area (Å²) in [5.41, 5.74) is 2.23. The molecule has 0 aromatic heterocycles. The molecule has 1 aliphatic rings. The molecule has 1 rings (SSSR count). The Bertz CT molecular complexity index is 251. The zero-order valence-corrected chi connectivity index (χ0v) is 7.24. The Hall–Kier alpha value is -1.40. The fraction of sp³-hybridized carbons (Fsp3) is 0.333. The SMILES string of the molecule is C=C1CC#CCC(=C)CC#CC1. The molecule has 0 aliphatic heterocycles. The first-order valence-electron chi connectivity index (χ1n) is 4.04. The molecule has 0 aromatic rings. The highest BCUT2D eigenvalue weighted by atomic mass is 14.0. The molecule has 12 heavy (non-hydrogen) atoms. The summed E-state index contributed by atoms with van der Waals surface area (Å²) < 4.78 is 0. The van der Waals surface area contributed by atoms with Crippen LogP contribution < -0.4 is 0 Å².